The number of hydrogen-bond donors (Lipinski definition) is 2. The molecule has 30 heavy (non-hydrogen) atoms. The van der Waals surface area contributed by atoms with Crippen LogP contribution in [0.2, 0.25) is 0 Å². The highest BCUT2D eigenvalue weighted by Gasteiger charge is 2.38. The van der Waals surface area contributed by atoms with Crippen LogP contribution in [0.5, 0.6) is 0 Å². The van der Waals surface area contributed by atoms with Crippen molar-refractivity contribution in [3.8, 4) is 0 Å². The second kappa shape index (κ2) is 12.3. The van der Waals surface area contributed by atoms with Gasteiger partial charge in [-0.1, -0.05) is 6.08 Å². The molecule has 0 aromatic heterocycles. The van der Waals surface area contributed by atoms with Gasteiger partial charge in [-0.25, -0.2) is 17.9 Å². The first-order valence-electron chi connectivity index (χ1n) is 8.44. The highest BCUT2D eigenvalue weighted by Crippen LogP contribution is 2.19. The molecule has 0 saturated carbocycles. The second-order valence-electron chi connectivity index (χ2n) is 5.49. The Labute approximate surface area is 171 Å². The number of nitrogens with one attached hydrogen (secondary N) is 2. The van der Waals surface area contributed by atoms with Crippen molar-refractivity contribution in [3.05, 3.63) is 36.4 Å². The molecule has 0 unspecified atom stereocenters. The van der Waals surface area contributed by atoms with Gasteiger partial charge >= 0.3 is 18.1 Å². The van der Waals surface area contributed by atoms with E-state index in [4.69, 9.17) is 9.47 Å². The minimum Gasteiger partial charge on any atom is -0.466 e. The molecule has 0 aliphatic carbocycles. The number of esters is 1. The quantitative estimate of drug-likeness (QED) is 0.277. The van der Waals surface area contributed by atoms with Crippen LogP contribution in [0.1, 0.15) is 0 Å². The summed E-state index contributed by atoms with van der Waals surface area (Å²) >= 11 is 0. The van der Waals surface area contributed by atoms with Gasteiger partial charge < -0.3 is 19.5 Å². The zero-order chi connectivity index (χ0) is 22.6. The van der Waals surface area contributed by atoms with E-state index in [2.05, 4.69) is 9.46 Å². The van der Waals surface area contributed by atoms with Crippen LogP contribution in [0.3, 0.4) is 0 Å². The summed E-state index contributed by atoms with van der Waals surface area (Å²) in [6.07, 6.45) is -2.36. The third kappa shape index (κ3) is 9.82. The zero-order valence-electron chi connectivity index (χ0n) is 15.9. The zero-order valence-corrected chi connectivity index (χ0v) is 16.7. The molecule has 0 radical (unpaired) electrons. The van der Waals surface area contributed by atoms with Gasteiger partial charge in [-0.3, -0.25) is 4.79 Å². The first-order valence-corrected chi connectivity index (χ1v) is 9.92. The molecule has 1 aromatic rings. The number of halogens is 3. The first kappa shape index (κ1) is 25.6. The Morgan fingerprint density at radius 3 is 2.30 bits per heavy atom. The summed E-state index contributed by atoms with van der Waals surface area (Å²) in [4.78, 5) is 21.5. The maximum absolute atomic E-state index is 12.2. The van der Waals surface area contributed by atoms with Gasteiger partial charge in [-0.05, 0) is 24.3 Å². The number of carbonyl (C=O) groups excluding carboxylic acids is 2. The molecule has 0 fully saturated rings. The molecule has 0 heterocycles. The fourth-order valence-electron chi connectivity index (χ4n) is 1.83. The van der Waals surface area contributed by atoms with Crippen molar-refractivity contribution in [1.82, 2.24) is 4.72 Å². The molecule has 13 heteroatoms. The van der Waals surface area contributed by atoms with E-state index in [1.54, 1.807) is 5.32 Å². The third-order valence-corrected chi connectivity index (χ3v) is 4.74. The van der Waals surface area contributed by atoms with E-state index in [-0.39, 0.29) is 43.6 Å². The molecule has 0 aliphatic heterocycles. The fourth-order valence-corrected chi connectivity index (χ4v) is 2.85. The number of hydrogen-bond acceptors (Lipinski definition) is 7. The lowest BCUT2D eigenvalue weighted by atomic mass is 10.3. The molecule has 1 aromatic carbocycles. The van der Waals surface area contributed by atoms with Crippen LogP contribution < -0.4 is 10.0 Å². The van der Waals surface area contributed by atoms with Crippen LogP contribution in [-0.4, -0.2) is 66.6 Å². The van der Waals surface area contributed by atoms with E-state index in [9.17, 15) is 31.2 Å². The first-order chi connectivity index (χ1) is 14.1. The molecule has 0 aliphatic rings. The molecule has 0 spiro atoms. The summed E-state index contributed by atoms with van der Waals surface area (Å²) in [5, 5.41) is 1.62. The van der Waals surface area contributed by atoms with Gasteiger partial charge in [0.2, 0.25) is 10.0 Å². The minimum absolute atomic E-state index is 0.0445. The molecule has 1 rings (SSSR count). The third-order valence-electron chi connectivity index (χ3n) is 3.26. The smallest absolute Gasteiger partial charge is 0.466 e. The van der Waals surface area contributed by atoms with Crippen LogP contribution >= 0.6 is 0 Å². The maximum Gasteiger partial charge on any atom is 0.471 e. The fraction of sp³-hybridized carbons (Fsp3) is 0.412. The summed E-state index contributed by atoms with van der Waals surface area (Å²) in [7, 11) is -2.65. The molecule has 0 bridgehead atoms. The van der Waals surface area contributed by atoms with Gasteiger partial charge in [-0.15, -0.1) is 0 Å². The van der Waals surface area contributed by atoms with Crippen LogP contribution in [0, 0.1) is 0 Å². The largest absolute Gasteiger partial charge is 0.471 e. The van der Waals surface area contributed by atoms with Gasteiger partial charge in [-0.2, -0.15) is 13.2 Å². The van der Waals surface area contributed by atoms with E-state index in [1.807, 2.05) is 0 Å². The van der Waals surface area contributed by atoms with Crippen molar-refractivity contribution < 1.29 is 45.4 Å². The van der Waals surface area contributed by atoms with E-state index < -0.39 is 28.1 Å². The SMILES string of the molecule is COC(=O)/C=C/COCCOCCNS(=O)(=O)c1ccc(NC(=O)C(F)(F)F)cc1. The lowest BCUT2D eigenvalue weighted by molar-refractivity contribution is -0.167. The number of sulfonamides is 1. The van der Waals surface area contributed by atoms with Gasteiger partial charge in [0.1, 0.15) is 0 Å². The molecule has 1 amide bonds. The number of amides is 1. The Morgan fingerprint density at radius 1 is 1.07 bits per heavy atom. The molecule has 9 nitrogen and oxygen atoms in total. The maximum atomic E-state index is 12.2. The highest BCUT2D eigenvalue weighted by molar-refractivity contribution is 7.89. The predicted molar refractivity (Wildman–Crippen MR) is 99.1 cm³/mol. The molecular weight excluding hydrogens is 433 g/mol. The standard InChI is InChI=1S/C17H21F3N2O7S/c1-27-15(23)3-2-9-28-11-12-29-10-8-21-30(25,26)14-6-4-13(5-7-14)22-16(24)17(18,19)20/h2-7,21H,8-12H2,1H3,(H,22,24)/b3-2+. The van der Waals surface area contributed by atoms with E-state index >= 15 is 0 Å². The molecule has 0 atom stereocenters. The van der Waals surface area contributed by atoms with Gasteiger partial charge in [0.25, 0.3) is 0 Å². The summed E-state index contributed by atoms with van der Waals surface area (Å²) in [6, 6.07) is 4.21. The van der Waals surface area contributed by atoms with Crippen LogP contribution in [0.25, 0.3) is 0 Å². The molecular formula is C17H21F3N2O7S. The molecule has 2 N–H and O–H groups in total. The number of methoxy groups -OCH3 is 1. The molecule has 168 valence electrons. The summed E-state index contributed by atoms with van der Waals surface area (Å²) in [5.41, 5.74) is -0.193. The highest BCUT2D eigenvalue weighted by atomic mass is 32.2. The van der Waals surface area contributed by atoms with E-state index in [0.29, 0.717) is 0 Å². The van der Waals surface area contributed by atoms with Crippen molar-refractivity contribution in [2.45, 2.75) is 11.1 Å². The number of ether oxygens (including phenoxy) is 3. The van der Waals surface area contributed by atoms with E-state index in [0.717, 1.165) is 24.3 Å². The Balaban J connectivity index is 2.30. The summed E-state index contributed by atoms with van der Waals surface area (Å²) in [6.45, 7) is 0.618. The van der Waals surface area contributed by atoms with Gasteiger partial charge in [0.05, 0.1) is 38.4 Å². The number of carbonyl (C=O) groups is 2. The van der Waals surface area contributed by atoms with Crippen molar-refractivity contribution in [3.63, 3.8) is 0 Å². The van der Waals surface area contributed by atoms with Crippen molar-refractivity contribution in [1.29, 1.82) is 0 Å². The lowest BCUT2D eigenvalue weighted by Gasteiger charge is -2.10. The van der Waals surface area contributed by atoms with Crippen LogP contribution in [-0.2, 0) is 33.8 Å². The average molecular weight is 454 g/mol. The Hall–Kier alpha value is -2.48. The predicted octanol–water partition coefficient (Wildman–Crippen LogP) is 1.23. The van der Waals surface area contributed by atoms with Crippen molar-refractivity contribution >= 4 is 27.6 Å². The Morgan fingerprint density at radius 2 is 1.70 bits per heavy atom. The van der Waals surface area contributed by atoms with Gasteiger partial charge in [0, 0.05) is 18.3 Å². The number of anilines is 1. The Bertz CT molecular complexity index is 825. The van der Waals surface area contributed by atoms with Crippen LogP contribution in [0.15, 0.2) is 41.3 Å². The Kier molecular flexibility index (Phi) is 10.5. The molecule has 0 saturated heterocycles. The lowest BCUT2D eigenvalue weighted by Crippen LogP contribution is -2.30. The summed E-state index contributed by atoms with van der Waals surface area (Å²) < 4.78 is 77.8. The van der Waals surface area contributed by atoms with Crippen LogP contribution in [0.4, 0.5) is 18.9 Å². The van der Waals surface area contributed by atoms with E-state index in [1.165, 1.54) is 19.3 Å². The normalized spacial score (nSPS) is 12.1. The average Bonchev–Trinajstić information content (AvgIpc) is 2.68. The number of alkyl halides is 3. The monoisotopic (exact) mass is 454 g/mol. The summed E-state index contributed by atoms with van der Waals surface area (Å²) in [5.74, 6) is -2.65. The topological polar surface area (TPSA) is 120 Å². The van der Waals surface area contributed by atoms with Gasteiger partial charge in [0.15, 0.2) is 0 Å². The van der Waals surface area contributed by atoms with Crippen molar-refractivity contribution in [2.24, 2.45) is 0 Å². The second-order valence-corrected chi connectivity index (χ2v) is 7.25. The number of benzene rings is 1. The minimum atomic E-state index is -5.04. The van der Waals surface area contributed by atoms with Crippen molar-refractivity contribution in [2.75, 3.05) is 45.4 Å². The number of rotatable bonds is 12.